The predicted octanol–water partition coefficient (Wildman–Crippen LogP) is 2.32. The van der Waals surface area contributed by atoms with Crippen LogP contribution in [0.2, 0.25) is 0 Å². The Bertz CT molecular complexity index is 174. The van der Waals surface area contributed by atoms with Gasteiger partial charge in [0.2, 0.25) is 0 Å². The zero-order chi connectivity index (χ0) is 8.69. The first kappa shape index (κ1) is 10.0. The third-order valence-electron chi connectivity index (χ3n) is 1.54. The van der Waals surface area contributed by atoms with E-state index < -0.39 is 0 Å². The molecule has 0 spiro atoms. The molecule has 0 heterocycles. The molecular weight excluding hydrogens is 136 g/mol. The molecule has 0 saturated heterocycles. The van der Waals surface area contributed by atoms with E-state index in [0.29, 0.717) is 0 Å². The monoisotopic (exact) mass is 152 g/mol. The van der Waals surface area contributed by atoms with Crippen molar-refractivity contribution in [1.82, 2.24) is 0 Å². The molecule has 2 heteroatoms. The van der Waals surface area contributed by atoms with Gasteiger partial charge in [0.1, 0.15) is 0 Å². The van der Waals surface area contributed by atoms with Crippen LogP contribution in [0.4, 0.5) is 0 Å². The van der Waals surface area contributed by atoms with E-state index in [4.69, 9.17) is 11.0 Å². The van der Waals surface area contributed by atoms with Crippen LogP contribution in [0.3, 0.4) is 0 Å². The molecule has 0 aromatic rings. The first-order valence-corrected chi connectivity index (χ1v) is 4.13. The first-order chi connectivity index (χ1) is 5.26. The molecule has 0 fully saturated rings. The van der Waals surface area contributed by atoms with Gasteiger partial charge in [0, 0.05) is 11.3 Å². The highest BCUT2D eigenvalue weighted by Crippen LogP contribution is 2.10. The summed E-state index contributed by atoms with van der Waals surface area (Å²) in [6.07, 6.45) is 3.68. The largest absolute Gasteiger partial charge is 0.401 e. The van der Waals surface area contributed by atoms with Gasteiger partial charge in [-0.05, 0) is 12.8 Å². The summed E-state index contributed by atoms with van der Waals surface area (Å²) in [6.45, 7) is 4.12. The van der Waals surface area contributed by atoms with Gasteiger partial charge in [-0.2, -0.15) is 5.26 Å². The van der Waals surface area contributed by atoms with Gasteiger partial charge in [0.25, 0.3) is 0 Å². The number of nitrogens with two attached hydrogens (primary N) is 1. The molecule has 0 amide bonds. The molecule has 0 rings (SSSR count). The van der Waals surface area contributed by atoms with Gasteiger partial charge in [-0.1, -0.05) is 26.7 Å². The molecule has 0 unspecified atom stereocenters. The third kappa shape index (κ3) is 3.67. The van der Waals surface area contributed by atoms with E-state index >= 15 is 0 Å². The maximum atomic E-state index is 8.67. The molecule has 2 N–H and O–H groups in total. The predicted molar refractivity (Wildman–Crippen MR) is 46.6 cm³/mol. The van der Waals surface area contributed by atoms with Crippen LogP contribution in [0.1, 0.15) is 39.5 Å². The fourth-order valence-corrected chi connectivity index (χ4v) is 0.958. The van der Waals surface area contributed by atoms with Gasteiger partial charge in [0.15, 0.2) is 0 Å². The van der Waals surface area contributed by atoms with Crippen molar-refractivity contribution in [1.29, 1.82) is 5.26 Å². The maximum absolute atomic E-state index is 8.67. The van der Waals surface area contributed by atoms with Crippen molar-refractivity contribution in [3.8, 4) is 6.07 Å². The zero-order valence-corrected chi connectivity index (χ0v) is 7.35. The standard InChI is InChI=1S/C9H16N2/c1-3-5-8(7-10)9(11)6-4-2/h3-6,11H2,1-2H3/b9-8-. The smallest absolute Gasteiger partial charge is 0.0965 e. The van der Waals surface area contributed by atoms with Crippen molar-refractivity contribution < 1.29 is 0 Å². The minimum absolute atomic E-state index is 0.773. The van der Waals surface area contributed by atoms with Crippen LogP contribution >= 0.6 is 0 Å². The summed E-state index contributed by atoms with van der Waals surface area (Å²) in [5.74, 6) is 0. The number of rotatable bonds is 4. The second-order valence-electron chi connectivity index (χ2n) is 2.62. The van der Waals surface area contributed by atoms with E-state index in [9.17, 15) is 0 Å². The molecule has 2 nitrogen and oxygen atoms in total. The molecule has 11 heavy (non-hydrogen) atoms. The van der Waals surface area contributed by atoms with Crippen molar-refractivity contribution in [3.05, 3.63) is 11.3 Å². The highest BCUT2D eigenvalue weighted by molar-refractivity contribution is 5.25. The molecule has 0 aromatic heterocycles. The Morgan fingerprint density at radius 1 is 1.27 bits per heavy atom. The lowest BCUT2D eigenvalue weighted by Crippen LogP contribution is -2.01. The minimum atomic E-state index is 0.773. The Morgan fingerprint density at radius 2 is 1.82 bits per heavy atom. The van der Waals surface area contributed by atoms with Crippen LogP contribution in [0.5, 0.6) is 0 Å². The molecule has 0 bridgehead atoms. The average molecular weight is 152 g/mol. The Balaban J connectivity index is 4.18. The van der Waals surface area contributed by atoms with Crippen molar-refractivity contribution in [2.45, 2.75) is 39.5 Å². The van der Waals surface area contributed by atoms with Crippen LogP contribution in [0.25, 0.3) is 0 Å². The summed E-state index contributed by atoms with van der Waals surface area (Å²) in [4.78, 5) is 0. The summed E-state index contributed by atoms with van der Waals surface area (Å²) in [5, 5.41) is 8.67. The van der Waals surface area contributed by atoms with E-state index in [1.165, 1.54) is 0 Å². The Hall–Kier alpha value is -0.970. The highest BCUT2D eigenvalue weighted by atomic mass is 14.6. The highest BCUT2D eigenvalue weighted by Gasteiger charge is 1.99. The molecule has 62 valence electrons. The van der Waals surface area contributed by atoms with E-state index in [1.54, 1.807) is 0 Å². The molecular formula is C9H16N2. The fourth-order valence-electron chi connectivity index (χ4n) is 0.958. The Kier molecular flexibility index (Phi) is 5.28. The molecule has 0 saturated carbocycles. The Morgan fingerprint density at radius 3 is 2.18 bits per heavy atom. The van der Waals surface area contributed by atoms with Crippen molar-refractivity contribution >= 4 is 0 Å². The Labute approximate surface area is 68.7 Å². The number of allylic oxidation sites excluding steroid dienone is 2. The number of nitriles is 1. The van der Waals surface area contributed by atoms with Crippen LogP contribution < -0.4 is 5.73 Å². The summed E-state index contributed by atoms with van der Waals surface area (Å²) in [7, 11) is 0. The summed E-state index contributed by atoms with van der Waals surface area (Å²) in [5.41, 5.74) is 7.23. The van der Waals surface area contributed by atoms with E-state index in [2.05, 4.69) is 19.9 Å². The lowest BCUT2D eigenvalue weighted by molar-refractivity contribution is 0.845. The number of hydrogen-bond acceptors (Lipinski definition) is 2. The van der Waals surface area contributed by atoms with Crippen LogP contribution in [0.15, 0.2) is 11.3 Å². The van der Waals surface area contributed by atoms with Crippen molar-refractivity contribution in [2.24, 2.45) is 5.73 Å². The maximum Gasteiger partial charge on any atom is 0.0965 e. The van der Waals surface area contributed by atoms with Crippen LogP contribution in [-0.4, -0.2) is 0 Å². The lowest BCUT2D eigenvalue weighted by atomic mass is 10.1. The van der Waals surface area contributed by atoms with E-state index in [0.717, 1.165) is 37.0 Å². The SMILES string of the molecule is CCC/C(N)=C(/C#N)CCC. The molecule has 0 aliphatic heterocycles. The van der Waals surface area contributed by atoms with Crippen molar-refractivity contribution in [2.75, 3.05) is 0 Å². The van der Waals surface area contributed by atoms with Crippen LogP contribution in [0, 0.1) is 11.3 Å². The topological polar surface area (TPSA) is 49.8 Å². The van der Waals surface area contributed by atoms with Gasteiger partial charge in [0.05, 0.1) is 6.07 Å². The number of nitrogens with zero attached hydrogens (tertiary/aromatic N) is 1. The van der Waals surface area contributed by atoms with E-state index in [-0.39, 0.29) is 0 Å². The van der Waals surface area contributed by atoms with Gasteiger partial charge in [-0.15, -0.1) is 0 Å². The first-order valence-electron chi connectivity index (χ1n) is 4.13. The van der Waals surface area contributed by atoms with Crippen LogP contribution in [-0.2, 0) is 0 Å². The van der Waals surface area contributed by atoms with Gasteiger partial charge < -0.3 is 5.73 Å². The molecule has 0 aliphatic carbocycles. The molecule has 0 aromatic carbocycles. The second-order valence-corrected chi connectivity index (χ2v) is 2.62. The lowest BCUT2D eigenvalue weighted by Gasteiger charge is -2.01. The average Bonchev–Trinajstić information content (AvgIpc) is 2.00. The zero-order valence-electron chi connectivity index (χ0n) is 7.35. The van der Waals surface area contributed by atoms with Crippen molar-refractivity contribution in [3.63, 3.8) is 0 Å². The minimum Gasteiger partial charge on any atom is -0.401 e. The summed E-state index contributed by atoms with van der Waals surface area (Å²) in [6, 6.07) is 2.14. The summed E-state index contributed by atoms with van der Waals surface area (Å²) >= 11 is 0. The molecule has 0 radical (unpaired) electrons. The third-order valence-corrected chi connectivity index (χ3v) is 1.54. The molecule has 0 atom stereocenters. The fraction of sp³-hybridized carbons (Fsp3) is 0.667. The summed E-state index contributed by atoms with van der Waals surface area (Å²) < 4.78 is 0. The van der Waals surface area contributed by atoms with Gasteiger partial charge in [-0.25, -0.2) is 0 Å². The second kappa shape index (κ2) is 5.79. The normalized spacial score (nSPS) is 12.1. The molecule has 0 aliphatic rings. The van der Waals surface area contributed by atoms with E-state index in [1.807, 2.05) is 0 Å². The quantitative estimate of drug-likeness (QED) is 0.628. The van der Waals surface area contributed by atoms with Gasteiger partial charge >= 0.3 is 0 Å². The van der Waals surface area contributed by atoms with Gasteiger partial charge in [-0.3, -0.25) is 0 Å². The number of hydrogen-bond donors (Lipinski definition) is 1.